The van der Waals surface area contributed by atoms with Crippen LogP contribution in [0.5, 0.6) is 0 Å². The predicted octanol–water partition coefficient (Wildman–Crippen LogP) is -1.11. The van der Waals surface area contributed by atoms with E-state index < -0.39 is 29.7 Å². The lowest BCUT2D eigenvalue weighted by atomic mass is 10.1. The van der Waals surface area contributed by atoms with E-state index >= 15 is 0 Å². The SMILES string of the molecule is CCC1C(=O)NC(=O)CN1C(=O)C=CC(=O)O. The number of hydrogen-bond acceptors (Lipinski definition) is 4. The van der Waals surface area contributed by atoms with E-state index in [1.165, 1.54) is 0 Å². The van der Waals surface area contributed by atoms with Crippen LogP contribution in [0.25, 0.3) is 0 Å². The van der Waals surface area contributed by atoms with Crippen molar-refractivity contribution in [1.29, 1.82) is 0 Å². The highest BCUT2D eigenvalue weighted by molar-refractivity contribution is 6.06. The van der Waals surface area contributed by atoms with Crippen molar-refractivity contribution in [3.05, 3.63) is 12.2 Å². The van der Waals surface area contributed by atoms with E-state index in [-0.39, 0.29) is 6.54 Å². The van der Waals surface area contributed by atoms with Crippen LogP contribution in [0, 0.1) is 0 Å². The molecule has 0 radical (unpaired) electrons. The van der Waals surface area contributed by atoms with Crippen LogP contribution in [-0.2, 0) is 19.2 Å². The molecule has 1 unspecified atom stereocenters. The molecule has 0 aliphatic carbocycles. The summed E-state index contributed by atoms with van der Waals surface area (Å²) in [6.45, 7) is 1.45. The summed E-state index contributed by atoms with van der Waals surface area (Å²) in [5.74, 6) is -3.04. The Bertz CT molecular complexity index is 402. The van der Waals surface area contributed by atoms with Gasteiger partial charge in [-0.1, -0.05) is 6.92 Å². The molecule has 0 aromatic rings. The van der Waals surface area contributed by atoms with Crippen molar-refractivity contribution < 1.29 is 24.3 Å². The minimum atomic E-state index is -1.26. The maximum absolute atomic E-state index is 11.6. The van der Waals surface area contributed by atoms with Crippen molar-refractivity contribution in [2.45, 2.75) is 19.4 Å². The molecule has 0 bridgehead atoms. The number of carbonyl (C=O) groups is 4. The Morgan fingerprint density at radius 2 is 2.12 bits per heavy atom. The number of hydrogen-bond donors (Lipinski definition) is 2. The second-order valence-electron chi connectivity index (χ2n) is 3.47. The first-order valence-corrected chi connectivity index (χ1v) is 5.01. The Morgan fingerprint density at radius 1 is 1.47 bits per heavy atom. The van der Waals surface area contributed by atoms with Crippen LogP contribution >= 0.6 is 0 Å². The van der Waals surface area contributed by atoms with Crippen LogP contribution in [0.1, 0.15) is 13.3 Å². The number of carbonyl (C=O) groups excluding carboxylic acids is 3. The van der Waals surface area contributed by atoms with Crippen molar-refractivity contribution in [2.75, 3.05) is 6.54 Å². The molecule has 1 atom stereocenters. The summed E-state index contributed by atoms with van der Waals surface area (Å²) < 4.78 is 0. The quantitative estimate of drug-likeness (QED) is 0.481. The fraction of sp³-hybridized carbons (Fsp3) is 0.400. The fourth-order valence-electron chi connectivity index (χ4n) is 1.54. The number of nitrogens with one attached hydrogen (secondary N) is 1. The minimum absolute atomic E-state index is 0.243. The third-order valence-corrected chi connectivity index (χ3v) is 2.29. The molecule has 17 heavy (non-hydrogen) atoms. The number of amides is 3. The molecular formula is C10H12N2O5. The molecule has 3 amide bonds. The molecule has 7 nitrogen and oxygen atoms in total. The topological polar surface area (TPSA) is 104 Å². The molecule has 1 fully saturated rings. The average molecular weight is 240 g/mol. The lowest BCUT2D eigenvalue weighted by molar-refractivity contribution is -0.147. The molecule has 1 aliphatic heterocycles. The van der Waals surface area contributed by atoms with Gasteiger partial charge < -0.3 is 10.0 Å². The molecule has 1 aliphatic rings. The monoisotopic (exact) mass is 240 g/mol. The number of carboxylic acids is 1. The number of imide groups is 1. The van der Waals surface area contributed by atoms with Gasteiger partial charge in [0, 0.05) is 12.2 Å². The van der Waals surface area contributed by atoms with Crippen LogP contribution < -0.4 is 5.32 Å². The number of rotatable bonds is 3. The molecule has 1 saturated heterocycles. The summed E-state index contributed by atoms with van der Waals surface area (Å²) in [5, 5.41) is 10.5. The van der Waals surface area contributed by atoms with E-state index in [1.807, 2.05) is 0 Å². The molecular weight excluding hydrogens is 228 g/mol. The zero-order chi connectivity index (χ0) is 13.0. The first kappa shape index (κ1) is 12.9. The number of carboxylic acid groups (broad SMARTS) is 1. The van der Waals surface area contributed by atoms with Gasteiger partial charge in [0.15, 0.2) is 0 Å². The molecule has 1 heterocycles. The van der Waals surface area contributed by atoms with Crippen LogP contribution in [0.2, 0.25) is 0 Å². The molecule has 0 aromatic heterocycles. The average Bonchev–Trinajstić information content (AvgIpc) is 2.24. The Balaban J connectivity index is 2.85. The number of aliphatic carboxylic acids is 1. The smallest absolute Gasteiger partial charge is 0.328 e. The minimum Gasteiger partial charge on any atom is -0.478 e. The van der Waals surface area contributed by atoms with Gasteiger partial charge in [0.2, 0.25) is 17.7 Å². The van der Waals surface area contributed by atoms with Gasteiger partial charge in [0.05, 0.1) is 0 Å². The van der Waals surface area contributed by atoms with Crippen molar-refractivity contribution in [3.63, 3.8) is 0 Å². The summed E-state index contributed by atoms with van der Waals surface area (Å²) in [5.41, 5.74) is 0. The van der Waals surface area contributed by atoms with Crippen molar-refractivity contribution in [2.24, 2.45) is 0 Å². The van der Waals surface area contributed by atoms with Gasteiger partial charge in [-0.15, -0.1) is 0 Å². The Labute approximate surface area is 97.1 Å². The zero-order valence-electron chi connectivity index (χ0n) is 9.17. The van der Waals surface area contributed by atoms with Crippen LogP contribution in [0.15, 0.2) is 12.2 Å². The van der Waals surface area contributed by atoms with Gasteiger partial charge in [-0.25, -0.2) is 4.79 Å². The van der Waals surface area contributed by atoms with E-state index in [2.05, 4.69) is 5.32 Å². The highest BCUT2D eigenvalue weighted by Crippen LogP contribution is 2.09. The third kappa shape index (κ3) is 3.13. The largest absolute Gasteiger partial charge is 0.478 e. The van der Waals surface area contributed by atoms with Gasteiger partial charge >= 0.3 is 5.97 Å². The second kappa shape index (κ2) is 5.24. The molecule has 1 rings (SSSR count). The van der Waals surface area contributed by atoms with E-state index in [0.717, 1.165) is 11.0 Å². The van der Waals surface area contributed by atoms with Crippen LogP contribution in [0.3, 0.4) is 0 Å². The summed E-state index contributed by atoms with van der Waals surface area (Å²) in [6.07, 6.45) is 1.86. The van der Waals surface area contributed by atoms with Crippen molar-refractivity contribution in [1.82, 2.24) is 10.2 Å². The maximum atomic E-state index is 11.6. The first-order valence-electron chi connectivity index (χ1n) is 5.01. The van der Waals surface area contributed by atoms with Gasteiger partial charge in [-0.05, 0) is 6.42 Å². The molecule has 0 spiro atoms. The number of piperazine rings is 1. The van der Waals surface area contributed by atoms with E-state index in [1.54, 1.807) is 6.92 Å². The fourth-order valence-corrected chi connectivity index (χ4v) is 1.54. The van der Waals surface area contributed by atoms with Gasteiger partial charge in [-0.2, -0.15) is 0 Å². The zero-order valence-corrected chi connectivity index (χ0v) is 9.17. The van der Waals surface area contributed by atoms with E-state index in [4.69, 9.17) is 5.11 Å². The third-order valence-electron chi connectivity index (χ3n) is 2.29. The molecule has 92 valence electrons. The Hall–Kier alpha value is -2.18. The molecule has 2 N–H and O–H groups in total. The Kier molecular flexibility index (Phi) is 3.97. The highest BCUT2D eigenvalue weighted by atomic mass is 16.4. The molecule has 7 heteroatoms. The highest BCUT2D eigenvalue weighted by Gasteiger charge is 2.34. The summed E-state index contributed by atoms with van der Waals surface area (Å²) >= 11 is 0. The predicted molar refractivity (Wildman–Crippen MR) is 55.7 cm³/mol. The van der Waals surface area contributed by atoms with E-state index in [0.29, 0.717) is 12.5 Å². The van der Waals surface area contributed by atoms with Crippen LogP contribution in [-0.4, -0.2) is 46.3 Å². The number of nitrogens with zero attached hydrogens (tertiary/aromatic N) is 1. The summed E-state index contributed by atoms with van der Waals surface area (Å²) in [6, 6.07) is -0.737. The van der Waals surface area contributed by atoms with Gasteiger partial charge in [0.1, 0.15) is 12.6 Å². The normalized spacial score (nSPS) is 20.5. The van der Waals surface area contributed by atoms with Gasteiger partial charge in [-0.3, -0.25) is 19.7 Å². The van der Waals surface area contributed by atoms with Crippen molar-refractivity contribution in [3.8, 4) is 0 Å². The standard InChI is InChI=1S/C10H12N2O5/c1-2-6-10(17)11-7(13)5-12(6)8(14)3-4-9(15)16/h3-4,6H,2,5H2,1H3,(H,15,16)(H,11,13,17). The lowest BCUT2D eigenvalue weighted by Crippen LogP contribution is -2.59. The summed E-state index contributed by atoms with van der Waals surface area (Å²) in [4.78, 5) is 45.5. The Morgan fingerprint density at radius 3 is 2.65 bits per heavy atom. The van der Waals surface area contributed by atoms with Gasteiger partial charge in [0.25, 0.3) is 0 Å². The van der Waals surface area contributed by atoms with Crippen LogP contribution in [0.4, 0.5) is 0 Å². The molecule has 0 saturated carbocycles. The summed E-state index contributed by atoms with van der Waals surface area (Å²) in [7, 11) is 0. The second-order valence-corrected chi connectivity index (χ2v) is 3.47. The van der Waals surface area contributed by atoms with Crippen molar-refractivity contribution >= 4 is 23.7 Å². The lowest BCUT2D eigenvalue weighted by Gasteiger charge is -2.32. The maximum Gasteiger partial charge on any atom is 0.328 e. The van der Waals surface area contributed by atoms with E-state index in [9.17, 15) is 19.2 Å². The molecule has 0 aromatic carbocycles. The first-order chi connectivity index (χ1) is 7.95.